The molecule has 0 aromatic carbocycles. The molecule has 19 heavy (non-hydrogen) atoms. The highest BCUT2D eigenvalue weighted by Crippen LogP contribution is 2.34. The minimum atomic E-state index is 0.202. The molecule has 0 bridgehead atoms. The first-order valence-corrected chi connectivity index (χ1v) is 6.80. The van der Waals surface area contributed by atoms with Gasteiger partial charge in [0, 0.05) is 0 Å². The van der Waals surface area contributed by atoms with Crippen molar-refractivity contribution in [1.82, 2.24) is 9.97 Å². The Balaban J connectivity index is 2.10. The number of rotatable bonds is 5. The fourth-order valence-electron chi connectivity index (χ4n) is 2.61. The molecule has 1 heterocycles. The molecular weight excluding hydrogens is 244 g/mol. The quantitative estimate of drug-likeness (QED) is 0.627. The van der Waals surface area contributed by atoms with Gasteiger partial charge in [0.05, 0.1) is 7.11 Å². The summed E-state index contributed by atoms with van der Waals surface area (Å²) in [5.41, 5.74) is 2.49. The number of nitrogens with two attached hydrogens (primary N) is 1. The molecule has 1 aliphatic rings. The summed E-state index contributed by atoms with van der Waals surface area (Å²) in [6, 6.07) is 0. The number of hydrogen-bond donors (Lipinski definition) is 2. The number of hydrogen-bond acceptors (Lipinski definition) is 6. The molecule has 106 valence electrons. The molecule has 0 amide bonds. The van der Waals surface area contributed by atoms with Gasteiger partial charge in [-0.15, -0.1) is 0 Å². The maximum absolute atomic E-state index is 5.98. The summed E-state index contributed by atoms with van der Waals surface area (Å²) in [6.07, 6.45) is 7.48. The van der Waals surface area contributed by atoms with Crippen molar-refractivity contribution in [1.29, 1.82) is 0 Å². The molecule has 3 N–H and O–H groups in total. The zero-order valence-electron chi connectivity index (χ0n) is 11.6. The number of ether oxygens (including phenoxy) is 2. The Hall–Kier alpha value is -1.56. The Labute approximate surface area is 113 Å². The molecule has 0 saturated heterocycles. The fourth-order valence-corrected chi connectivity index (χ4v) is 2.61. The zero-order chi connectivity index (χ0) is 13.7. The van der Waals surface area contributed by atoms with E-state index >= 15 is 0 Å². The van der Waals surface area contributed by atoms with Gasteiger partial charge in [0.1, 0.15) is 12.4 Å². The van der Waals surface area contributed by atoms with E-state index in [4.69, 9.17) is 15.3 Å². The first kappa shape index (κ1) is 13.9. The normalized spacial score (nSPS) is 22.9. The molecule has 2 rings (SSSR count). The summed E-state index contributed by atoms with van der Waals surface area (Å²) in [5, 5.41) is 0. The van der Waals surface area contributed by atoms with Gasteiger partial charge in [0.25, 0.3) is 5.88 Å². The zero-order valence-corrected chi connectivity index (χ0v) is 11.6. The van der Waals surface area contributed by atoms with Crippen LogP contribution in [0.2, 0.25) is 0 Å². The molecule has 1 saturated carbocycles. The van der Waals surface area contributed by atoms with E-state index in [0.717, 1.165) is 18.8 Å². The van der Waals surface area contributed by atoms with Crippen LogP contribution in [0.3, 0.4) is 0 Å². The smallest absolute Gasteiger partial charge is 0.262 e. The molecule has 2 atom stereocenters. The number of methoxy groups -OCH3 is 1. The number of nitrogen functional groups attached to an aromatic ring is 1. The van der Waals surface area contributed by atoms with Crippen LogP contribution < -0.4 is 20.7 Å². The van der Waals surface area contributed by atoms with Crippen LogP contribution in [0.5, 0.6) is 11.6 Å². The highest BCUT2D eigenvalue weighted by Gasteiger charge is 2.24. The van der Waals surface area contributed by atoms with Crippen molar-refractivity contribution in [3.63, 3.8) is 0 Å². The first-order valence-electron chi connectivity index (χ1n) is 6.80. The van der Waals surface area contributed by atoms with Gasteiger partial charge in [-0.3, -0.25) is 0 Å². The Morgan fingerprint density at radius 1 is 1.42 bits per heavy atom. The maximum Gasteiger partial charge on any atom is 0.262 e. The van der Waals surface area contributed by atoms with Gasteiger partial charge in [-0.2, -0.15) is 4.98 Å². The minimum Gasteiger partial charge on any atom is -0.489 e. The third kappa shape index (κ3) is 3.26. The van der Waals surface area contributed by atoms with Crippen molar-refractivity contribution >= 4 is 5.82 Å². The highest BCUT2D eigenvalue weighted by molar-refractivity contribution is 5.54. The van der Waals surface area contributed by atoms with Crippen molar-refractivity contribution < 1.29 is 9.47 Å². The average molecular weight is 266 g/mol. The topological polar surface area (TPSA) is 82.3 Å². The van der Waals surface area contributed by atoms with Gasteiger partial charge in [-0.25, -0.2) is 10.8 Å². The molecular formula is C13H22N4O2. The lowest BCUT2D eigenvalue weighted by Crippen LogP contribution is -2.26. The Bertz CT molecular complexity index is 414. The van der Waals surface area contributed by atoms with Crippen LogP contribution in [0.25, 0.3) is 0 Å². The lowest BCUT2D eigenvalue weighted by atomic mass is 9.85. The molecule has 6 heteroatoms. The van der Waals surface area contributed by atoms with Gasteiger partial charge < -0.3 is 14.9 Å². The van der Waals surface area contributed by atoms with Crippen molar-refractivity contribution in [2.75, 3.05) is 12.5 Å². The van der Waals surface area contributed by atoms with Crippen LogP contribution in [-0.2, 0) is 0 Å². The molecule has 0 aliphatic heterocycles. The van der Waals surface area contributed by atoms with E-state index < -0.39 is 0 Å². The van der Waals surface area contributed by atoms with Gasteiger partial charge in [0.2, 0.25) is 5.75 Å². The van der Waals surface area contributed by atoms with E-state index in [1.807, 2.05) is 0 Å². The molecule has 2 unspecified atom stereocenters. The van der Waals surface area contributed by atoms with Crippen LogP contribution in [0.1, 0.15) is 39.0 Å². The van der Waals surface area contributed by atoms with E-state index in [2.05, 4.69) is 22.3 Å². The molecule has 6 nitrogen and oxygen atoms in total. The lowest BCUT2D eigenvalue weighted by Gasteiger charge is -2.28. The van der Waals surface area contributed by atoms with E-state index in [1.165, 1.54) is 25.6 Å². The van der Waals surface area contributed by atoms with Crippen LogP contribution in [0.4, 0.5) is 5.82 Å². The van der Waals surface area contributed by atoms with E-state index in [-0.39, 0.29) is 6.10 Å². The summed E-state index contributed by atoms with van der Waals surface area (Å²) in [6.45, 7) is 2.23. The second-order valence-corrected chi connectivity index (χ2v) is 4.89. The Kier molecular flexibility index (Phi) is 4.79. The molecule has 1 aromatic rings. The van der Waals surface area contributed by atoms with Crippen molar-refractivity contribution in [3.8, 4) is 11.6 Å². The van der Waals surface area contributed by atoms with E-state index in [9.17, 15) is 0 Å². The van der Waals surface area contributed by atoms with Crippen molar-refractivity contribution in [3.05, 3.63) is 6.33 Å². The number of anilines is 1. The maximum atomic E-state index is 5.98. The van der Waals surface area contributed by atoms with Crippen LogP contribution in [0, 0.1) is 5.92 Å². The number of nitrogens with one attached hydrogen (secondary N) is 1. The first-order chi connectivity index (χ1) is 9.28. The molecule has 1 aliphatic carbocycles. The fraction of sp³-hybridized carbons (Fsp3) is 0.692. The van der Waals surface area contributed by atoms with Gasteiger partial charge in [-0.05, 0) is 25.2 Å². The minimum absolute atomic E-state index is 0.202. The SMILES string of the molecule is CCC1CCCC(Oc2ncnc(NN)c2OC)C1. The van der Waals surface area contributed by atoms with Gasteiger partial charge >= 0.3 is 0 Å². The summed E-state index contributed by atoms with van der Waals surface area (Å²) < 4.78 is 11.2. The predicted molar refractivity (Wildman–Crippen MR) is 73.1 cm³/mol. The third-order valence-electron chi connectivity index (χ3n) is 3.70. The van der Waals surface area contributed by atoms with Gasteiger partial charge in [-0.1, -0.05) is 19.8 Å². The second-order valence-electron chi connectivity index (χ2n) is 4.89. The monoisotopic (exact) mass is 266 g/mol. The number of hydrazine groups is 1. The number of aromatic nitrogens is 2. The molecule has 1 aromatic heterocycles. The Morgan fingerprint density at radius 3 is 2.95 bits per heavy atom. The summed E-state index contributed by atoms with van der Waals surface area (Å²) in [4.78, 5) is 8.15. The van der Waals surface area contributed by atoms with Crippen LogP contribution >= 0.6 is 0 Å². The standard InChI is InChI=1S/C13H22N4O2/c1-3-9-5-4-6-10(7-9)19-13-11(18-2)12(17-14)15-8-16-13/h8-10H,3-7,14H2,1-2H3,(H,15,16,17). The Morgan fingerprint density at radius 2 is 2.26 bits per heavy atom. The van der Waals surface area contributed by atoms with Crippen molar-refractivity contribution in [2.24, 2.45) is 11.8 Å². The van der Waals surface area contributed by atoms with E-state index in [0.29, 0.717) is 17.4 Å². The summed E-state index contributed by atoms with van der Waals surface area (Å²) in [5.74, 6) is 7.51. The highest BCUT2D eigenvalue weighted by atomic mass is 16.5. The summed E-state index contributed by atoms with van der Waals surface area (Å²) >= 11 is 0. The molecule has 0 radical (unpaired) electrons. The average Bonchev–Trinajstić information content (AvgIpc) is 2.47. The van der Waals surface area contributed by atoms with Crippen LogP contribution in [-0.4, -0.2) is 23.2 Å². The van der Waals surface area contributed by atoms with Crippen molar-refractivity contribution in [2.45, 2.75) is 45.1 Å². The second kappa shape index (κ2) is 6.56. The molecule has 1 fully saturated rings. The number of nitrogens with zero attached hydrogens (tertiary/aromatic N) is 2. The van der Waals surface area contributed by atoms with Gasteiger partial charge in [0.15, 0.2) is 5.82 Å². The predicted octanol–water partition coefficient (Wildman–Crippen LogP) is 2.12. The van der Waals surface area contributed by atoms with Crippen LogP contribution in [0.15, 0.2) is 6.33 Å². The molecule has 0 spiro atoms. The largest absolute Gasteiger partial charge is 0.489 e. The third-order valence-corrected chi connectivity index (χ3v) is 3.70. The lowest BCUT2D eigenvalue weighted by molar-refractivity contribution is 0.113. The summed E-state index contributed by atoms with van der Waals surface area (Å²) in [7, 11) is 1.56. The van der Waals surface area contributed by atoms with E-state index in [1.54, 1.807) is 7.11 Å².